The maximum atomic E-state index is 14.5. The number of allylic oxidation sites excluding steroid dienone is 3. The number of aromatic amines is 1. The Hall–Kier alpha value is -4.55. The second kappa shape index (κ2) is 10.5. The van der Waals surface area contributed by atoms with Crippen molar-refractivity contribution in [1.29, 1.82) is 0 Å². The van der Waals surface area contributed by atoms with Gasteiger partial charge in [0.25, 0.3) is 5.56 Å². The molecule has 1 unspecified atom stereocenters. The summed E-state index contributed by atoms with van der Waals surface area (Å²) in [5.41, 5.74) is 6.21. The Morgan fingerprint density at radius 3 is 2.61 bits per heavy atom. The van der Waals surface area contributed by atoms with Crippen molar-refractivity contribution >= 4 is 32.5 Å². The van der Waals surface area contributed by atoms with Gasteiger partial charge in [-0.15, -0.1) is 0 Å². The Morgan fingerprint density at radius 2 is 1.90 bits per heavy atom. The number of nitrogens with two attached hydrogens (primary N) is 1. The monoisotopic (exact) mass is 580 g/mol. The van der Waals surface area contributed by atoms with Gasteiger partial charge < -0.3 is 20.8 Å². The van der Waals surface area contributed by atoms with Crippen molar-refractivity contribution in [2.45, 2.75) is 25.0 Å². The number of nitrogens with one attached hydrogen (secondary N) is 2. The van der Waals surface area contributed by atoms with E-state index in [0.29, 0.717) is 22.9 Å². The van der Waals surface area contributed by atoms with Crippen LogP contribution in [0.1, 0.15) is 20.3 Å². The lowest BCUT2D eigenvalue weighted by Crippen LogP contribution is -2.41. The van der Waals surface area contributed by atoms with E-state index in [1.807, 2.05) is 0 Å². The van der Waals surface area contributed by atoms with Crippen molar-refractivity contribution < 1.29 is 26.7 Å². The first-order chi connectivity index (χ1) is 19.5. The normalized spacial score (nSPS) is 17.0. The zero-order chi connectivity index (χ0) is 29.5. The number of pyridine rings is 1. The van der Waals surface area contributed by atoms with Crippen LogP contribution in [0.25, 0.3) is 22.0 Å². The number of carbonyl (C=O) groups is 1. The van der Waals surface area contributed by atoms with Gasteiger partial charge in [-0.3, -0.25) is 9.59 Å². The topological polar surface area (TPSA) is 136 Å². The molecule has 0 bridgehead atoms. The van der Waals surface area contributed by atoms with Crippen LogP contribution in [0.5, 0.6) is 11.5 Å². The van der Waals surface area contributed by atoms with Crippen LogP contribution in [0.4, 0.5) is 14.5 Å². The largest absolute Gasteiger partial charge is 0.454 e. The summed E-state index contributed by atoms with van der Waals surface area (Å²) in [5.74, 6) is -2.39. The van der Waals surface area contributed by atoms with Crippen LogP contribution in [-0.2, 0) is 14.8 Å². The minimum Gasteiger partial charge on any atom is -0.454 e. The Morgan fingerprint density at radius 1 is 1.15 bits per heavy atom. The summed E-state index contributed by atoms with van der Waals surface area (Å²) < 4.78 is 61.4. The molecule has 9 nitrogen and oxygen atoms in total. The first-order valence-electron chi connectivity index (χ1n) is 12.6. The van der Waals surface area contributed by atoms with E-state index in [4.69, 9.17) is 10.5 Å². The Kier molecular flexibility index (Phi) is 7.14. The van der Waals surface area contributed by atoms with Gasteiger partial charge in [0, 0.05) is 40.7 Å². The summed E-state index contributed by atoms with van der Waals surface area (Å²) in [4.78, 5) is 27.7. The van der Waals surface area contributed by atoms with Crippen molar-refractivity contribution in [1.82, 2.24) is 8.96 Å². The van der Waals surface area contributed by atoms with Crippen LogP contribution in [0, 0.1) is 11.6 Å². The molecular weight excluding hydrogens is 554 g/mol. The van der Waals surface area contributed by atoms with Crippen LogP contribution < -0.4 is 21.3 Å². The summed E-state index contributed by atoms with van der Waals surface area (Å²) in [7, 11) is -4.12. The number of halogens is 2. The molecule has 12 heteroatoms. The molecule has 0 saturated carbocycles. The van der Waals surface area contributed by atoms with E-state index >= 15 is 0 Å². The quantitative estimate of drug-likeness (QED) is 0.287. The molecule has 4 aromatic rings. The molecule has 0 saturated heterocycles. The van der Waals surface area contributed by atoms with Crippen LogP contribution in [0.2, 0.25) is 0 Å². The lowest BCUT2D eigenvalue weighted by Gasteiger charge is -2.31. The number of benzene rings is 2. The molecule has 0 fully saturated rings. The molecule has 1 aliphatic carbocycles. The molecule has 2 aromatic carbocycles. The van der Waals surface area contributed by atoms with Gasteiger partial charge in [0.2, 0.25) is 15.9 Å². The molecule has 0 spiro atoms. The van der Waals surface area contributed by atoms with Crippen LogP contribution in [0.15, 0.2) is 83.5 Å². The highest BCUT2D eigenvalue weighted by molar-refractivity contribution is 7.91. The molecule has 4 N–H and O–H groups in total. The molecule has 2 heterocycles. The number of H-pyrrole nitrogens is 1. The number of carbonyl (C=O) groups excluding carboxylic acids is 1. The second-order valence-electron chi connectivity index (χ2n) is 9.76. The lowest BCUT2D eigenvalue weighted by atomic mass is 9.94. The maximum Gasteiger partial charge on any atom is 0.273 e. The third-order valence-electron chi connectivity index (χ3n) is 7.21. The number of amides is 1. The fourth-order valence-electron chi connectivity index (χ4n) is 4.73. The molecule has 2 aromatic heterocycles. The van der Waals surface area contributed by atoms with Gasteiger partial charge in [0.1, 0.15) is 21.8 Å². The Bertz CT molecular complexity index is 1930. The highest BCUT2D eigenvalue weighted by atomic mass is 32.2. The van der Waals surface area contributed by atoms with Crippen molar-refractivity contribution in [2.75, 3.05) is 11.9 Å². The van der Waals surface area contributed by atoms with Crippen molar-refractivity contribution in [2.24, 2.45) is 5.73 Å². The van der Waals surface area contributed by atoms with Crippen LogP contribution in [-0.4, -0.2) is 34.6 Å². The number of anilines is 1. The first kappa shape index (κ1) is 28.0. The molecule has 0 aliphatic heterocycles. The van der Waals surface area contributed by atoms with E-state index in [1.54, 1.807) is 32.1 Å². The van der Waals surface area contributed by atoms with Crippen molar-refractivity contribution in [3.63, 3.8) is 0 Å². The zero-order valence-corrected chi connectivity index (χ0v) is 22.9. The molecular formula is C29H26F2N4O5S. The molecule has 0 radical (unpaired) electrons. The number of ether oxygens (including phenoxy) is 1. The third kappa shape index (κ3) is 4.85. The summed E-state index contributed by atoms with van der Waals surface area (Å²) >= 11 is 0. The first-order valence-corrected chi connectivity index (χ1v) is 14.0. The van der Waals surface area contributed by atoms with Crippen molar-refractivity contribution in [3.05, 3.63) is 101 Å². The van der Waals surface area contributed by atoms with Gasteiger partial charge in [0.15, 0.2) is 11.6 Å². The predicted octanol–water partition coefficient (Wildman–Crippen LogP) is 4.81. The maximum absolute atomic E-state index is 14.5. The van der Waals surface area contributed by atoms with Crippen LogP contribution in [0.3, 0.4) is 0 Å². The number of hydrogen-bond donors (Lipinski definition) is 3. The molecule has 41 heavy (non-hydrogen) atoms. The summed E-state index contributed by atoms with van der Waals surface area (Å²) in [5, 5.41) is 2.89. The van der Waals surface area contributed by atoms with Gasteiger partial charge in [-0.05, 0) is 56.7 Å². The second-order valence-corrected chi connectivity index (χ2v) is 12.0. The lowest BCUT2D eigenvalue weighted by molar-refractivity contribution is -0.114. The molecule has 1 atom stereocenters. The van der Waals surface area contributed by atoms with Gasteiger partial charge in [-0.2, -0.15) is 0 Å². The summed E-state index contributed by atoms with van der Waals surface area (Å²) in [6.45, 7) is 3.05. The minimum atomic E-state index is -4.12. The van der Waals surface area contributed by atoms with E-state index in [9.17, 15) is 26.8 Å². The molecule has 1 amide bonds. The van der Waals surface area contributed by atoms with E-state index in [0.717, 1.165) is 16.1 Å². The molecule has 212 valence electrons. The smallest absolute Gasteiger partial charge is 0.273 e. The summed E-state index contributed by atoms with van der Waals surface area (Å²) in [6.07, 6.45) is 8.17. The fraction of sp³-hybridized carbons (Fsp3) is 0.172. The van der Waals surface area contributed by atoms with Gasteiger partial charge >= 0.3 is 0 Å². The fourth-order valence-corrected chi connectivity index (χ4v) is 6.58. The number of fused-ring (bicyclic) bond motifs is 1. The number of rotatable bonds is 7. The Balaban J connectivity index is 1.71. The number of nitrogens with zero attached hydrogens (tertiary/aromatic N) is 1. The standard InChI is InChI=1S/C29H26F2N4O5S/c1-17-5-3-4-11-29(17,2)41(38,39)35-12-10-20-22(16-33-28(37)27(20)35)21-14-19(34-26(36)15-32)7-9-24(21)40-25-8-6-18(30)13-23(25)31/h3-10,12-14,16H,11,15,32H2,1-2H3,(H,33,37)(H,34,36). The number of aromatic nitrogens is 2. The van der Waals surface area contributed by atoms with Gasteiger partial charge in [-0.25, -0.2) is 21.2 Å². The van der Waals surface area contributed by atoms with Crippen LogP contribution >= 0.6 is 0 Å². The Labute approximate surface area is 234 Å². The summed E-state index contributed by atoms with van der Waals surface area (Å²) in [6, 6.07) is 8.80. The average molecular weight is 581 g/mol. The van der Waals surface area contributed by atoms with E-state index in [2.05, 4.69) is 10.3 Å². The zero-order valence-electron chi connectivity index (χ0n) is 22.1. The highest BCUT2D eigenvalue weighted by Crippen LogP contribution is 2.41. The van der Waals surface area contributed by atoms with E-state index in [1.165, 1.54) is 36.7 Å². The highest BCUT2D eigenvalue weighted by Gasteiger charge is 2.42. The average Bonchev–Trinajstić information content (AvgIpc) is 3.40. The molecule has 5 rings (SSSR count). The van der Waals surface area contributed by atoms with Crippen molar-refractivity contribution in [3.8, 4) is 22.6 Å². The van der Waals surface area contributed by atoms with E-state index in [-0.39, 0.29) is 40.9 Å². The minimum absolute atomic E-state index is 0.0911. The van der Waals surface area contributed by atoms with E-state index < -0.39 is 37.9 Å². The molecule has 1 aliphatic rings. The predicted molar refractivity (Wildman–Crippen MR) is 152 cm³/mol. The SMILES string of the molecule is CC1=CC=CCC1(C)S(=O)(=O)n1ccc2c(-c3cc(NC(=O)CN)ccc3Oc3ccc(F)cc3F)c[nH]c(=O)c21. The third-order valence-corrected chi connectivity index (χ3v) is 9.66. The van der Waals surface area contributed by atoms with Gasteiger partial charge in [-0.1, -0.05) is 23.8 Å². The number of hydrogen-bond acceptors (Lipinski definition) is 6. The van der Waals surface area contributed by atoms with Gasteiger partial charge in [0.05, 0.1) is 6.54 Å².